The summed E-state index contributed by atoms with van der Waals surface area (Å²) in [6.07, 6.45) is 1.06. The largest absolute Gasteiger partial charge is 0.444 e. The van der Waals surface area contributed by atoms with Gasteiger partial charge in [0, 0.05) is 19.5 Å². The van der Waals surface area contributed by atoms with Gasteiger partial charge in [0.15, 0.2) is 5.69 Å². The Morgan fingerprint density at radius 2 is 2.19 bits per heavy atom. The van der Waals surface area contributed by atoms with Crippen LogP contribution in [0.2, 0.25) is 0 Å². The zero-order chi connectivity index (χ0) is 16.0. The molecule has 0 saturated carbocycles. The minimum atomic E-state index is -0.511. The van der Waals surface area contributed by atoms with Gasteiger partial charge in [-0.05, 0) is 43.1 Å². The Balaban J connectivity index is 2.65. The van der Waals surface area contributed by atoms with Crippen LogP contribution in [0.15, 0.2) is 4.47 Å². The van der Waals surface area contributed by atoms with Crippen LogP contribution in [-0.2, 0) is 17.7 Å². The fourth-order valence-electron chi connectivity index (χ4n) is 1.78. The molecule has 0 radical (unpaired) electrons. The molecule has 1 rings (SSSR count). The van der Waals surface area contributed by atoms with E-state index >= 15 is 0 Å². The lowest BCUT2D eigenvalue weighted by Gasteiger charge is -2.19. The summed E-state index contributed by atoms with van der Waals surface area (Å²) in [4.78, 5) is 11.6. The topological polar surface area (TPSA) is 79.9 Å². The van der Waals surface area contributed by atoms with Crippen molar-refractivity contribution in [3.63, 3.8) is 0 Å². The summed E-state index contributed by atoms with van der Waals surface area (Å²) in [5, 5.41) is 16.0. The number of amides is 1. The molecule has 0 bridgehead atoms. The molecule has 1 amide bonds. The molecule has 0 saturated heterocycles. The number of nitrogens with one attached hydrogen (secondary N) is 1. The molecule has 1 aromatic heterocycles. The van der Waals surface area contributed by atoms with Gasteiger partial charge in [-0.15, -0.1) is 0 Å². The lowest BCUT2D eigenvalue weighted by molar-refractivity contribution is 0.0528. The number of ether oxygens (including phenoxy) is 1. The molecule has 21 heavy (non-hydrogen) atoms. The van der Waals surface area contributed by atoms with Crippen LogP contribution in [0.3, 0.4) is 0 Å². The van der Waals surface area contributed by atoms with E-state index in [0.29, 0.717) is 23.1 Å². The second-order valence-corrected chi connectivity index (χ2v) is 6.42. The van der Waals surface area contributed by atoms with Gasteiger partial charge < -0.3 is 10.1 Å². The first kappa shape index (κ1) is 17.5. The van der Waals surface area contributed by atoms with E-state index in [0.717, 1.165) is 18.7 Å². The second-order valence-electron chi connectivity index (χ2n) is 5.62. The third-order valence-electron chi connectivity index (χ3n) is 2.56. The van der Waals surface area contributed by atoms with E-state index in [-0.39, 0.29) is 0 Å². The molecule has 0 aliphatic carbocycles. The van der Waals surface area contributed by atoms with E-state index in [4.69, 9.17) is 10.00 Å². The zero-order valence-electron chi connectivity index (χ0n) is 12.9. The van der Waals surface area contributed by atoms with Crippen molar-refractivity contribution < 1.29 is 9.53 Å². The van der Waals surface area contributed by atoms with Crippen molar-refractivity contribution in [2.24, 2.45) is 0 Å². The number of nitrogens with zero attached hydrogens (tertiary/aromatic N) is 3. The van der Waals surface area contributed by atoms with Gasteiger partial charge in [0.25, 0.3) is 0 Å². The molecule has 0 aromatic carbocycles. The fraction of sp³-hybridized carbons (Fsp3) is 0.643. The third-order valence-corrected chi connectivity index (χ3v) is 3.40. The Hall–Kier alpha value is -1.55. The van der Waals surface area contributed by atoms with Crippen LogP contribution in [0, 0.1) is 11.3 Å². The lowest BCUT2D eigenvalue weighted by Crippen LogP contribution is -2.33. The highest BCUT2D eigenvalue weighted by molar-refractivity contribution is 9.10. The Morgan fingerprint density at radius 1 is 1.52 bits per heavy atom. The summed E-state index contributed by atoms with van der Waals surface area (Å²) in [5.74, 6) is 0. The fourth-order valence-corrected chi connectivity index (χ4v) is 2.35. The van der Waals surface area contributed by atoms with Crippen molar-refractivity contribution in [1.29, 1.82) is 5.26 Å². The molecule has 7 heteroatoms. The van der Waals surface area contributed by atoms with Crippen molar-refractivity contribution in [3.05, 3.63) is 15.9 Å². The maximum absolute atomic E-state index is 11.6. The number of nitriles is 1. The molecule has 116 valence electrons. The van der Waals surface area contributed by atoms with E-state index in [2.05, 4.69) is 32.4 Å². The number of carbonyl (C=O) groups is 1. The van der Waals surface area contributed by atoms with E-state index in [9.17, 15) is 4.79 Å². The Kier molecular flexibility index (Phi) is 6.21. The van der Waals surface area contributed by atoms with Gasteiger partial charge in [0.1, 0.15) is 11.7 Å². The summed E-state index contributed by atoms with van der Waals surface area (Å²) < 4.78 is 7.68. The number of alkyl carbamates (subject to hydrolysis) is 1. The number of hydrogen-bond acceptors (Lipinski definition) is 4. The normalized spacial score (nSPS) is 11.0. The van der Waals surface area contributed by atoms with Gasteiger partial charge in [0.2, 0.25) is 0 Å². The zero-order valence-corrected chi connectivity index (χ0v) is 14.5. The van der Waals surface area contributed by atoms with Crippen LogP contribution in [-0.4, -0.2) is 28.0 Å². The Labute approximate surface area is 133 Å². The molecule has 0 aliphatic rings. The molecule has 1 heterocycles. The highest BCUT2D eigenvalue weighted by atomic mass is 79.9. The number of rotatable bonds is 5. The summed E-state index contributed by atoms with van der Waals surface area (Å²) >= 11 is 3.40. The minimum absolute atomic E-state index is 0.371. The number of aryl methyl sites for hydroxylation is 1. The van der Waals surface area contributed by atoms with Gasteiger partial charge in [-0.3, -0.25) is 4.68 Å². The van der Waals surface area contributed by atoms with E-state index in [1.54, 1.807) is 4.68 Å². The Morgan fingerprint density at radius 3 is 2.71 bits per heavy atom. The third kappa shape index (κ3) is 5.38. The van der Waals surface area contributed by atoms with Crippen molar-refractivity contribution >= 4 is 22.0 Å². The van der Waals surface area contributed by atoms with E-state index < -0.39 is 11.7 Å². The lowest BCUT2D eigenvalue weighted by atomic mass is 10.2. The summed E-state index contributed by atoms with van der Waals surface area (Å²) in [7, 11) is 0. The molecule has 0 spiro atoms. The number of hydrogen-bond donors (Lipinski definition) is 1. The van der Waals surface area contributed by atoms with Crippen LogP contribution in [0.1, 0.15) is 45.5 Å². The highest BCUT2D eigenvalue weighted by Crippen LogP contribution is 2.21. The minimum Gasteiger partial charge on any atom is -0.444 e. The van der Waals surface area contributed by atoms with Gasteiger partial charge in [-0.1, -0.05) is 6.92 Å². The van der Waals surface area contributed by atoms with Crippen LogP contribution in [0.5, 0.6) is 0 Å². The van der Waals surface area contributed by atoms with Gasteiger partial charge in [-0.2, -0.15) is 10.4 Å². The van der Waals surface area contributed by atoms with Gasteiger partial charge >= 0.3 is 6.09 Å². The van der Waals surface area contributed by atoms with Crippen molar-refractivity contribution in [1.82, 2.24) is 15.1 Å². The van der Waals surface area contributed by atoms with Gasteiger partial charge in [0.05, 0.1) is 10.2 Å². The molecular weight excluding hydrogens is 336 g/mol. The summed E-state index contributed by atoms with van der Waals surface area (Å²) in [6.45, 7) is 8.66. The van der Waals surface area contributed by atoms with Crippen LogP contribution >= 0.6 is 15.9 Å². The van der Waals surface area contributed by atoms with Crippen molar-refractivity contribution in [2.45, 2.75) is 52.7 Å². The maximum atomic E-state index is 11.6. The van der Waals surface area contributed by atoms with Crippen LogP contribution in [0.4, 0.5) is 4.79 Å². The molecular formula is C14H21BrN4O2. The summed E-state index contributed by atoms with van der Waals surface area (Å²) in [6, 6.07) is 2.05. The monoisotopic (exact) mass is 356 g/mol. The number of aromatic nitrogens is 2. The average Bonchev–Trinajstić information content (AvgIpc) is 2.65. The molecule has 0 aliphatic heterocycles. The predicted molar refractivity (Wildman–Crippen MR) is 82.9 cm³/mol. The molecule has 1 aromatic rings. The SMILES string of the molecule is CCCn1nc(C#N)c(Br)c1CCNC(=O)OC(C)(C)C. The van der Waals surface area contributed by atoms with E-state index in [1.807, 2.05) is 27.7 Å². The van der Waals surface area contributed by atoms with Crippen molar-refractivity contribution in [2.75, 3.05) is 6.54 Å². The predicted octanol–water partition coefficient (Wildman–Crippen LogP) is 2.99. The molecule has 0 unspecified atom stereocenters. The standard InChI is InChI=1S/C14H21BrN4O2/c1-5-8-19-11(12(15)10(9-16)18-19)6-7-17-13(20)21-14(2,3)4/h5-8H2,1-4H3,(H,17,20). The number of carbonyl (C=O) groups excluding carboxylic acids is 1. The van der Waals surface area contributed by atoms with E-state index in [1.165, 1.54) is 0 Å². The highest BCUT2D eigenvalue weighted by Gasteiger charge is 2.17. The molecule has 0 atom stereocenters. The van der Waals surface area contributed by atoms with Crippen LogP contribution < -0.4 is 5.32 Å². The molecule has 1 N–H and O–H groups in total. The maximum Gasteiger partial charge on any atom is 0.407 e. The van der Waals surface area contributed by atoms with Crippen LogP contribution in [0.25, 0.3) is 0 Å². The first-order chi connectivity index (χ1) is 9.78. The summed E-state index contributed by atoms with van der Waals surface area (Å²) in [5.41, 5.74) is 0.767. The first-order valence-electron chi connectivity index (χ1n) is 6.90. The quantitative estimate of drug-likeness (QED) is 0.879. The molecule has 0 fully saturated rings. The van der Waals surface area contributed by atoms with Crippen molar-refractivity contribution in [3.8, 4) is 6.07 Å². The molecule has 6 nitrogen and oxygen atoms in total. The smallest absolute Gasteiger partial charge is 0.407 e. The van der Waals surface area contributed by atoms with Gasteiger partial charge in [-0.25, -0.2) is 4.79 Å². The first-order valence-corrected chi connectivity index (χ1v) is 7.70. The Bertz CT molecular complexity index is 540. The number of halogens is 1. The average molecular weight is 357 g/mol. The second kappa shape index (κ2) is 7.46.